The van der Waals surface area contributed by atoms with Crippen LogP contribution in [0.1, 0.15) is 142 Å². The van der Waals surface area contributed by atoms with Crippen LogP contribution in [0.4, 0.5) is 0 Å². The third-order valence-corrected chi connectivity index (χ3v) is 10.6. The molecule has 198 valence electrons. The summed E-state index contributed by atoms with van der Waals surface area (Å²) in [5.74, 6) is 2.47. The Morgan fingerprint density at radius 3 is 1.06 bits per heavy atom. The molecule has 1 aromatic carbocycles. The van der Waals surface area contributed by atoms with Crippen LogP contribution < -0.4 is 0 Å². The molecule has 0 unspecified atom stereocenters. The van der Waals surface area contributed by atoms with E-state index in [0.717, 1.165) is 0 Å². The Bertz CT molecular complexity index is 544. The molecule has 0 N–H and O–H groups in total. The van der Waals surface area contributed by atoms with Gasteiger partial charge in [-0.2, -0.15) is 0 Å². The zero-order valence-electron chi connectivity index (χ0n) is 22.3. The van der Waals surface area contributed by atoms with Crippen molar-refractivity contribution in [1.82, 2.24) is 0 Å². The molecule has 0 fully saturated rings. The van der Waals surface area contributed by atoms with Crippen LogP contribution in [-0.4, -0.2) is 11.5 Å². The maximum absolute atomic E-state index is 3.79. The highest BCUT2D eigenvalue weighted by molar-refractivity contribution is 9.11. The molecule has 4 heteroatoms. The van der Waals surface area contributed by atoms with Gasteiger partial charge in [-0.25, -0.2) is 0 Å². The van der Waals surface area contributed by atoms with Gasteiger partial charge in [-0.15, -0.1) is 23.5 Å². The summed E-state index contributed by atoms with van der Waals surface area (Å²) in [5, 5.41) is 0. The Kier molecular flexibility index (Phi) is 23.5. The van der Waals surface area contributed by atoms with Crippen molar-refractivity contribution in [1.29, 1.82) is 0 Å². The van der Waals surface area contributed by atoms with Crippen molar-refractivity contribution in [3.05, 3.63) is 21.1 Å². The van der Waals surface area contributed by atoms with Crippen LogP contribution in [0.15, 0.2) is 30.9 Å². The first-order valence-corrected chi connectivity index (χ1v) is 18.0. The summed E-state index contributed by atoms with van der Waals surface area (Å²) in [6.07, 6.45) is 28.2. The molecule has 0 atom stereocenters. The van der Waals surface area contributed by atoms with Gasteiger partial charge in [-0.1, -0.05) is 129 Å². The van der Waals surface area contributed by atoms with Crippen LogP contribution in [0.2, 0.25) is 0 Å². The van der Waals surface area contributed by atoms with Crippen molar-refractivity contribution in [2.75, 3.05) is 11.5 Å². The van der Waals surface area contributed by atoms with E-state index < -0.39 is 0 Å². The number of hydrogen-bond donors (Lipinski definition) is 0. The molecule has 1 rings (SSSR count). The summed E-state index contributed by atoms with van der Waals surface area (Å²) < 4.78 is 2.47. The molecule has 0 bridgehead atoms. The molecule has 0 aliphatic carbocycles. The Labute approximate surface area is 238 Å². The first kappa shape index (κ1) is 32.9. The normalized spacial score (nSPS) is 11.4. The largest absolute Gasteiger partial charge is 0.125 e. The summed E-state index contributed by atoms with van der Waals surface area (Å²) in [7, 11) is 0. The van der Waals surface area contributed by atoms with Crippen molar-refractivity contribution >= 4 is 55.4 Å². The number of halogens is 2. The van der Waals surface area contributed by atoms with Gasteiger partial charge in [0.2, 0.25) is 0 Å². The van der Waals surface area contributed by atoms with Gasteiger partial charge in [-0.3, -0.25) is 0 Å². The highest BCUT2D eigenvalue weighted by Gasteiger charge is 2.08. The molecule has 0 aliphatic heterocycles. The van der Waals surface area contributed by atoms with E-state index in [2.05, 4.69) is 57.8 Å². The molecular formula is C30H52Br2S2. The molecular weight excluding hydrogens is 584 g/mol. The Hall–Kier alpha value is 0.880. The first-order chi connectivity index (χ1) is 16.7. The van der Waals surface area contributed by atoms with Crippen molar-refractivity contribution in [3.63, 3.8) is 0 Å². The molecule has 0 heterocycles. The number of rotatable bonds is 24. The minimum Gasteiger partial charge on any atom is -0.125 e. The standard InChI is InChI=1S/C30H52Br2S2/c1-3-5-7-9-11-13-15-17-19-21-23-33-29-26-30(28(32)25-27(29)31)34-24-22-20-18-16-14-12-10-8-6-4-2/h25-26H,3-24H2,1-2H3. The van der Waals surface area contributed by atoms with Crippen molar-refractivity contribution in [2.45, 2.75) is 152 Å². The number of hydrogen-bond acceptors (Lipinski definition) is 2. The predicted molar refractivity (Wildman–Crippen MR) is 167 cm³/mol. The van der Waals surface area contributed by atoms with E-state index >= 15 is 0 Å². The van der Waals surface area contributed by atoms with Gasteiger partial charge < -0.3 is 0 Å². The van der Waals surface area contributed by atoms with E-state index in [0.29, 0.717) is 0 Å². The summed E-state index contributed by atoms with van der Waals surface area (Å²) in [6, 6.07) is 4.65. The van der Waals surface area contributed by atoms with Gasteiger partial charge >= 0.3 is 0 Å². The van der Waals surface area contributed by atoms with Crippen molar-refractivity contribution in [2.24, 2.45) is 0 Å². The minimum absolute atomic E-state index is 1.24. The van der Waals surface area contributed by atoms with Gasteiger partial charge in [0.15, 0.2) is 0 Å². The molecule has 0 amide bonds. The highest BCUT2D eigenvalue weighted by atomic mass is 79.9. The third-order valence-electron chi connectivity index (χ3n) is 6.50. The van der Waals surface area contributed by atoms with E-state index in [4.69, 9.17) is 0 Å². The molecule has 0 nitrogen and oxygen atoms in total. The van der Waals surface area contributed by atoms with Gasteiger partial charge in [0.1, 0.15) is 0 Å². The average Bonchev–Trinajstić information content (AvgIpc) is 2.83. The Morgan fingerprint density at radius 2 is 0.735 bits per heavy atom. The summed E-state index contributed by atoms with van der Waals surface area (Å²) >= 11 is 11.6. The first-order valence-electron chi connectivity index (χ1n) is 14.4. The summed E-state index contributed by atoms with van der Waals surface area (Å²) in [6.45, 7) is 4.59. The quantitative estimate of drug-likeness (QED) is 0.0818. The zero-order valence-corrected chi connectivity index (χ0v) is 27.1. The van der Waals surface area contributed by atoms with Crippen molar-refractivity contribution in [3.8, 4) is 0 Å². The second kappa shape index (κ2) is 24.2. The molecule has 0 saturated carbocycles. The molecule has 0 saturated heterocycles. The van der Waals surface area contributed by atoms with E-state index in [1.165, 1.54) is 159 Å². The van der Waals surface area contributed by atoms with E-state index in [9.17, 15) is 0 Å². The second-order valence-electron chi connectivity index (χ2n) is 9.77. The van der Waals surface area contributed by atoms with E-state index in [-0.39, 0.29) is 0 Å². The van der Waals surface area contributed by atoms with E-state index in [1.54, 1.807) is 0 Å². The lowest BCUT2D eigenvalue weighted by Gasteiger charge is -2.10. The summed E-state index contributed by atoms with van der Waals surface area (Å²) in [5.41, 5.74) is 0. The maximum Gasteiger partial charge on any atom is 0.0323 e. The van der Waals surface area contributed by atoms with Crippen molar-refractivity contribution < 1.29 is 0 Å². The number of unbranched alkanes of at least 4 members (excludes halogenated alkanes) is 18. The molecule has 0 radical (unpaired) electrons. The predicted octanol–water partition coefficient (Wildman–Crippen LogP) is 13.2. The van der Waals surface area contributed by atoms with Crippen LogP contribution >= 0.6 is 55.4 Å². The maximum atomic E-state index is 3.79. The Morgan fingerprint density at radius 1 is 0.441 bits per heavy atom. The number of benzene rings is 1. The monoisotopic (exact) mass is 634 g/mol. The lowest BCUT2D eigenvalue weighted by molar-refractivity contribution is 0.563. The fourth-order valence-corrected chi connectivity index (χ4v) is 7.96. The fraction of sp³-hybridized carbons (Fsp3) is 0.800. The summed E-state index contributed by atoms with van der Waals surface area (Å²) in [4.78, 5) is 2.81. The van der Waals surface area contributed by atoms with Crippen LogP contribution in [0, 0.1) is 0 Å². The van der Waals surface area contributed by atoms with Gasteiger partial charge in [0, 0.05) is 18.7 Å². The lowest BCUT2D eigenvalue weighted by atomic mass is 10.1. The fourth-order valence-electron chi connectivity index (χ4n) is 4.27. The van der Waals surface area contributed by atoms with Crippen LogP contribution in [0.3, 0.4) is 0 Å². The number of thioether (sulfide) groups is 2. The molecule has 0 aromatic heterocycles. The average molecular weight is 637 g/mol. The van der Waals surface area contributed by atoms with Crippen LogP contribution in [-0.2, 0) is 0 Å². The third kappa shape index (κ3) is 18.2. The highest BCUT2D eigenvalue weighted by Crippen LogP contribution is 2.38. The van der Waals surface area contributed by atoms with Gasteiger partial charge in [0.25, 0.3) is 0 Å². The topological polar surface area (TPSA) is 0 Å². The zero-order chi connectivity index (χ0) is 24.7. The lowest BCUT2D eigenvalue weighted by Crippen LogP contribution is -1.87. The second-order valence-corrected chi connectivity index (χ2v) is 13.8. The van der Waals surface area contributed by atoms with Gasteiger partial charge in [0.05, 0.1) is 0 Å². The van der Waals surface area contributed by atoms with Crippen LogP contribution in [0.25, 0.3) is 0 Å². The smallest absolute Gasteiger partial charge is 0.0323 e. The Balaban J connectivity index is 2.11. The minimum atomic E-state index is 1.24. The molecule has 0 aliphatic rings. The van der Waals surface area contributed by atoms with Crippen LogP contribution in [0.5, 0.6) is 0 Å². The molecule has 34 heavy (non-hydrogen) atoms. The SMILES string of the molecule is CCCCCCCCCCCCSc1cc(SCCCCCCCCCCCC)c(Br)cc1Br. The molecule has 0 spiro atoms. The van der Waals surface area contributed by atoms with E-state index in [1.807, 2.05) is 23.5 Å². The molecule has 1 aromatic rings. The van der Waals surface area contributed by atoms with Gasteiger partial charge in [-0.05, 0) is 68.3 Å².